The largest absolute Gasteiger partial charge is 0.459 e. The lowest BCUT2D eigenvalue weighted by molar-refractivity contribution is -0.116. The quantitative estimate of drug-likeness (QED) is 0.883. The van der Waals surface area contributed by atoms with Crippen molar-refractivity contribution in [2.75, 3.05) is 18.0 Å². The molecular formula is C19H24N2O3. The van der Waals surface area contributed by atoms with Gasteiger partial charge in [0.1, 0.15) is 0 Å². The molecule has 24 heavy (non-hydrogen) atoms. The van der Waals surface area contributed by atoms with Gasteiger partial charge in [0.15, 0.2) is 5.76 Å². The second kappa shape index (κ2) is 7.81. The van der Waals surface area contributed by atoms with Gasteiger partial charge in [-0.2, -0.15) is 0 Å². The van der Waals surface area contributed by atoms with E-state index < -0.39 is 0 Å². The van der Waals surface area contributed by atoms with E-state index in [-0.39, 0.29) is 17.6 Å². The number of aryl methyl sites for hydroxylation is 1. The van der Waals surface area contributed by atoms with Crippen LogP contribution in [-0.4, -0.2) is 24.9 Å². The summed E-state index contributed by atoms with van der Waals surface area (Å²) >= 11 is 0. The molecule has 128 valence electrons. The standard InChI is InChI=1S/C19H24N2O3/c1-13(2)16-8-5-7-14(3)18(16)21(15(4)22)11-10-20-19(23)17-9-6-12-24-17/h5-9,12-13H,10-11H2,1-4H3,(H,20,23). The average Bonchev–Trinajstić information content (AvgIpc) is 3.06. The third-order valence-corrected chi connectivity index (χ3v) is 3.91. The van der Waals surface area contributed by atoms with Gasteiger partial charge in [-0.1, -0.05) is 32.0 Å². The van der Waals surface area contributed by atoms with Crippen LogP contribution < -0.4 is 10.2 Å². The van der Waals surface area contributed by atoms with Crippen molar-refractivity contribution in [1.29, 1.82) is 0 Å². The smallest absolute Gasteiger partial charge is 0.287 e. The number of amides is 2. The molecule has 0 saturated carbocycles. The van der Waals surface area contributed by atoms with Gasteiger partial charge in [0.25, 0.3) is 5.91 Å². The number of carbonyl (C=O) groups is 2. The van der Waals surface area contributed by atoms with Gasteiger partial charge in [-0.3, -0.25) is 9.59 Å². The lowest BCUT2D eigenvalue weighted by Crippen LogP contribution is -2.38. The van der Waals surface area contributed by atoms with Crippen LogP contribution in [0.1, 0.15) is 48.4 Å². The summed E-state index contributed by atoms with van der Waals surface area (Å²) < 4.78 is 5.06. The third-order valence-electron chi connectivity index (χ3n) is 3.91. The van der Waals surface area contributed by atoms with Gasteiger partial charge in [0.2, 0.25) is 5.91 Å². The van der Waals surface area contributed by atoms with Crippen LogP contribution in [0.2, 0.25) is 0 Å². The van der Waals surface area contributed by atoms with E-state index in [1.807, 2.05) is 25.1 Å². The van der Waals surface area contributed by atoms with Crippen LogP contribution in [0.25, 0.3) is 0 Å². The number of hydrogen-bond acceptors (Lipinski definition) is 3. The minimum atomic E-state index is -0.280. The summed E-state index contributed by atoms with van der Waals surface area (Å²) in [5.74, 6) is 0.249. The highest BCUT2D eigenvalue weighted by atomic mass is 16.3. The molecule has 5 heteroatoms. The lowest BCUT2D eigenvalue weighted by atomic mass is 9.97. The van der Waals surface area contributed by atoms with E-state index in [1.54, 1.807) is 24.0 Å². The Hall–Kier alpha value is -2.56. The maximum atomic E-state index is 12.2. The second-order valence-corrected chi connectivity index (χ2v) is 6.07. The van der Waals surface area contributed by atoms with Gasteiger partial charge in [-0.25, -0.2) is 0 Å². The first-order chi connectivity index (χ1) is 11.4. The molecule has 5 nitrogen and oxygen atoms in total. The number of hydrogen-bond donors (Lipinski definition) is 1. The Morgan fingerprint density at radius 1 is 1.21 bits per heavy atom. The molecule has 1 aromatic carbocycles. The third kappa shape index (κ3) is 4.04. The van der Waals surface area contributed by atoms with E-state index >= 15 is 0 Å². The predicted octanol–water partition coefficient (Wildman–Crippen LogP) is 3.49. The molecule has 0 bridgehead atoms. The SMILES string of the molecule is CC(=O)N(CCNC(=O)c1ccco1)c1c(C)cccc1C(C)C. The maximum absolute atomic E-state index is 12.2. The first-order valence-corrected chi connectivity index (χ1v) is 8.11. The zero-order valence-electron chi connectivity index (χ0n) is 14.6. The van der Waals surface area contributed by atoms with Crippen LogP contribution in [0.4, 0.5) is 5.69 Å². The summed E-state index contributed by atoms with van der Waals surface area (Å²) in [5.41, 5.74) is 3.11. The molecule has 0 aliphatic rings. The molecule has 0 aliphatic heterocycles. The van der Waals surface area contributed by atoms with Crippen LogP contribution in [0.15, 0.2) is 41.0 Å². The minimum Gasteiger partial charge on any atom is -0.459 e. The van der Waals surface area contributed by atoms with Gasteiger partial charge in [0, 0.05) is 20.0 Å². The summed E-state index contributed by atoms with van der Waals surface area (Å²) in [7, 11) is 0. The summed E-state index contributed by atoms with van der Waals surface area (Å²) in [6, 6.07) is 9.32. The molecule has 1 N–H and O–H groups in total. The highest BCUT2D eigenvalue weighted by molar-refractivity contribution is 5.94. The molecule has 0 unspecified atom stereocenters. The molecule has 0 atom stereocenters. The molecular weight excluding hydrogens is 304 g/mol. The molecule has 0 spiro atoms. The van der Waals surface area contributed by atoms with Crippen LogP contribution in [0.3, 0.4) is 0 Å². The van der Waals surface area contributed by atoms with Crippen molar-refractivity contribution in [2.45, 2.75) is 33.6 Å². The summed E-state index contributed by atoms with van der Waals surface area (Å²) in [6.07, 6.45) is 1.46. The highest BCUT2D eigenvalue weighted by Crippen LogP contribution is 2.30. The number of rotatable bonds is 6. The number of benzene rings is 1. The molecule has 0 saturated heterocycles. The molecule has 2 amide bonds. The summed E-state index contributed by atoms with van der Waals surface area (Å²) in [5, 5.41) is 2.78. The van der Waals surface area contributed by atoms with Gasteiger partial charge in [-0.05, 0) is 36.1 Å². The number of anilines is 1. The number of nitrogens with zero attached hydrogens (tertiary/aromatic N) is 1. The van der Waals surface area contributed by atoms with Crippen LogP contribution >= 0.6 is 0 Å². The van der Waals surface area contributed by atoms with Crippen molar-refractivity contribution in [1.82, 2.24) is 5.32 Å². The van der Waals surface area contributed by atoms with Crippen molar-refractivity contribution in [3.05, 3.63) is 53.5 Å². The monoisotopic (exact) mass is 328 g/mol. The van der Waals surface area contributed by atoms with Crippen molar-refractivity contribution >= 4 is 17.5 Å². The van der Waals surface area contributed by atoms with E-state index in [2.05, 4.69) is 19.2 Å². The van der Waals surface area contributed by atoms with Crippen molar-refractivity contribution in [3.63, 3.8) is 0 Å². The Morgan fingerprint density at radius 3 is 2.54 bits per heavy atom. The molecule has 1 heterocycles. The summed E-state index contributed by atoms with van der Waals surface area (Å²) in [6.45, 7) is 8.52. The molecule has 0 aliphatic carbocycles. The van der Waals surface area contributed by atoms with Crippen molar-refractivity contribution < 1.29 is 14.0 Å². The molecule has 0 radical (unpaired) electrons. The lowest BCUT2D eigenvalue weighted by Gasteiger charge is -2.27. The van der Waals surface area contributed by atoms with Crippen LogP contribution in [-0.2, 0) is 4.79 Å². The van der Waals surface area contributed by atoms with Crippen LogP contribution in [0, 0.1) is 6.92 Å². The molecule has 1 aromatic heterocycles. The number of para-hydroxylation sites is 1. The fraction of sp³-hybridized carbons (Fsp3) is 0.368. The normalized spacial score (nSPS) is 10.7. The predicted molar refractivity (Wildman–Crippen MR) is 94.3 cm³/mol. The van der Waals surface area contributed by atoms with E-state index in [9.17, 15) is 9.59 Å². The van der Waals surface area contributed by atoms with Gasteiger partial charge in [0.05, 0.1) is 12.0 Å². The molecule has 0 fully saturated rings. The van der Waals surface area contributed by atoms with Crippen molar-refractivity contribution in [3.8, 4) is 0 Å². The topological polar surface area (TPSA) is 62.6 Å². The highest BCUT2D eigenvalue weighted by Gasteiger charge is 2.19. The first-order valence-electron chi connectivity index (χ1n) is 8.11. The van der Waals surface area contributed by atoms with E-state index in [0.29, 0.717) is 19.0 Å². The minimum absolute atomic E-state index is 0.0431. The molecule has 2 rings (SSSR count). The van der Waals surface area contributed by atoms with Gasteiger partial charge >= 0.3 is 0 Å². The Labute approximate surface area is 142 Å². The fourth-order valence-electron chi connectivity index (χ4n) is 2.72. The zero-order valence-corrected chi connectivity index (χ0v) is 14.6. The number of furan rings is 1. The second-order valence-electron chi connectivity index (χ2n) is 6.07. The van der Waals surface area contributed by atoms with Gasteiger partial charge in [-0.15, -0.1) is 0 Å². The first kappa shape index (κ1) is 17.8. The number of nitrogens with one attached hydrogen (secondary N) is 1. The Bertz CT molecular complexity index is 705. The Balaban J connectivity index is 2.13. The number of carbonyl (C=O) groups excluding carboxylic acids is 2. The Kier molecular flexibility index (Phi) is 5.79. The zero-order chi connectivity index (χ0) is 17.7. The fourth-order valence-corrected chi connectivity index (χ4v) is 2.72. The Morgan fingerprint density at radius 2 is 1.96 bits per heavy atom. The summed E-state index contributed by atoms with van der Waals surface area (Å²) in [4.78, 5) is 25.8. The average molecular weight is 328 g/mol. The van der Waals surface area contributed by atoms with E-state index in [0.717, 1.165) is 16.8 Å². The van der Waals surface area contributed by atoms with Crippen molar-refractivity contribution in [2.24, 2.45) is 0 Å². The van der Waals surface area contributed by atoms with Gasteiger partial charge < -0.3 is 14.6 Å². The van der Waals surface area contributed by atoms with E-state index in [4.69, 9.17) is 4.42 Å². The maximum Gasteiger partial charge on any atom is 0.287 e. The molecule has 2 aromatic rings. The van der Waals surface area contributed by atoms with E-state index in [1.165, 1.54) is 6.26 Å². The van der Waals surface area contributed by atoms with Crippen LogP contribution in [0.5, 0.6) is 0 Å².